The average molecular weight is 285 g/mol. The van der Waals surface area contributed by atoms with Crippen LogP contribution in [0.4, 0.5) is 5.69 Å². The molecule has 2 aromatic rings. The fraction of sp³-hybridized carbons (Fsp3) is 0.200. The van der Waals surface area contributed by atoms with Gasteiger partial charge in [-0.2, -0.15) is 0 Å². The van der Waals surface area contributed by atoms with Gasteiger partial charge >= 0.3 is 0 Å². The van der Waals surface area contributed by atoms with Crippen molar-refractivity contribution in [3.63, 3.8) is 0 Å². The first-order valence-electron chi connectivity index (χ1n) is 6.47. The van der Waals surface area contributed by atoms with Crippen molar-refractivity contribution in [3.8, 4) is 10.6 Å². The topological polar surface area (TPSA) is 68.0 Å². The Morgan fingerprint density at radius 2 is 2.10 bits per heavy atom. The zero-order valence-corrected chi connectivity index (χ0v) is 11.6. The van der Waals surface area contributed by atoms with E-state index in [-0.39, 0.29) is 17.9 Å². The SMILES string of the molecule is NC1C=CC(C(=O)Nc2ccc(-c3nccs3)cc2)C1. The number of nitrogens with one attached hydrogen (secondary N) is 1. The molecule has 0 fully saturated rings. The summed E-state index contributed by atoms with van der Waals surface area (Å²) in [5.41, 5.74) is 7.61. The van der Waals surface area contributed by atoms with Crippen LogP contribution in [0.25, 0.3) is 10.6 Å². The second kappa shape index (κ2) is 5.56. The van der Waals surface area contributed by atoms with Gasteiger partial charge in [0.15, 0.2) is 0 Å². The summed E-state index contributed by atoms with van der Waals surface area (Å²) in [7, 11) is 0. The third-order valence-electron chi connectivity index (χ3n) is 3.29. The molecule has 0 saturated carbocycles. The number of anilines is 1. The quantitative estimate of drug-likeness (QED) is 0.852. The van der Waals surface area contributed by atoms with Gasteiger partial charge in [-0.1, -0.05) is 12.2 Å². The molecule has 1 aliphatic rings. The summed E-state index contributed by atoms with van der Waals surface area (Å²) in [5, 5.41) is 5.84. The molecule has 4 nitrogen and oxygen atoms in total. The third-order valence-corrected chi connectivity index (χ3v) is 4.11. The van der Waals surface area contributed by atoms with Crippen molar-refractivity contribution in [1.82, 2.24) is 4.98 Å². The summed E-state index contributed by atoms with van der Waals surface area (Å²) in [6, 6.07) is 7.72. The van der Waals surface area contributed by atoms with Gasteiger partial charge < -0.3 is 11.1 Å². The van der Waals surface area contributed by atoms with Crippen LogP contribution in [0.5, 0.6) is 0 Å². The van der Waals surface area contributed by atoms with Gasteiger partial charge in [-0.25, -0.2) is 4.98 Å². The lowest BCUT2D eigenvalue weighted by molar-refractivity contribution is -0.118. The maximum Gasteiger partial charge on any atom is 0.231 e. The Hall–Kier alpha value is -1.98. The highest BCUT2D eigenvalue weighted by Crippen LogP contribution is 2.24. The van der Waals surface area contributed by atoms with Crippen LogP contribution >= 0.6 is 11.3 Å². The van der Waals surface area contributed by atoms with Gasteiger partial charge in [0.2, 0.25) is 5.91 Å². The zero-order valence-electron chi connectivity index (χ0n) is 10.8. The molecular formula is C15H15N3OS. The molecule has 3 rings (SSSR count). The van der Waals surface area contributed by atoms with Crippen LogP contribution in [-0.4, -0.2) is 16.9 Å². The van der Waals surface area contributed by atoms with Crippen molar-refractivity contribution in [2.75, 3.05) is 5.32 Å². The van der Waals surface area contributed by atoms with Crippen LogP contribution in [0.15, 0.2) is 48.0 Å². The first kappa shape index (κ1) is 13.0. The van der Waals surface area contributed by atoms with E-state index in [9.17, 15) is 4.79 Å². The van der Waals surface area contributed by atoms with Crippen LogP contribution in [0.3, 0.4) is 0 Å². The van der Waals surface area contributed by atoms with Gasteiger partial charge in [0.25, 0.3) is 0 Å². The van der Waals surface area contributed by atoms with Crippen LogP contribution in [0.2, 0.25) is 0 Å². The van der Waals surface area contributed by atoms with Crippen molar-refractivity contribution < 1.29 is 4.79 Å². The van der Waals surface area contributed by atoms with Crippen LogP contribution in [0.1, 0.15) is 6.42 Å². The predicted octanol–water partition coefficient (Wildman–Crippen LogP) is 2.65. The van der Waals surface area contributed by atoms with E-state index < -0.39 is 0 Å². The summed E-state index contributed by atoms with van der Waals surface area (Å²) in [6.45, 7) is 0. The van der Waals surface area contributed by atoms with Crippen LogP contribution in [0, 0.1) is 5.92 Å². The first-order chi connectivity index (χ1) is 9.72. The lowest BCUT2D eigenvalue weighted by Gasteiger charge is -2.10. The minimum atomic E-state index is -0.122. The van der Waals surface area contributed by atoms with E-state index in [0.29, 0.717) is 6.42 Å². The number of amides is 1. The minimum absolute atomic E-state index is 0.00183. The van der Waals surface area contributed by atoms with E-state index in [2.05, 4.69) is 10.3 Å². The van der Waals surface area contributed by atoms with Gasteiger partial charge in [-0.15, -0.1) is 11.3 Å². The fourth-order valence-corrected chi connectivity index (χ4v) is 2.86. The highest BCUT2D eigenvalue weighted by Gasteiger charge is 2.22. The number of hydrogen-bond donors (Lipinski definition) is 2. The molecular weight excluding hydrogens is 270 g/mol. The Morgan fingerprint density at radius 1 is 1.30 bits per heavy atom. The van der Waals surface area contributed by atoms with Crippen LogP contribution < -0.4 is 11.1 Å². The molecule has 0 radical (unpaired) electrons. The molecule has 1 aliphatic carbocycles. The minimum Gasteiger partial charge on any atom is -0.326 e. The highest BCUT2D eigenvalue weighted by molar-refractivity contribution is 7.13. The van der Waals surface area contributed by atoms with Crippen molar-refractivity contribution in [1.29, 1.82) is 0 Å². The smallest absolute Gasteiger partial charge is 0.231 e. The molecule has 0 aliphatic heterocycles. The molecule has 2 atom stereocenters. The molecule has 3 N–H and O–H groups in total. The summed E-state index contributed by atoms with van der Waals surface area (Å²) < 4.78 is 0. The van der Waals surface area contributed by atoms with Gasteiger partial charge in [0.1, 0.15) is 5.01 Å². The number of carbonyl (C=O) groups is 1. The normalized spacial score (nSPS) is 21.1. The average Bonchev–Trinajstić information content (AvgIpc) is 3.10. The number of nitrogens with zero attached hydrogens (tertiary/aromatic N) is 1. The van der Waals surface area contributed by atoms with E-state index in [4.69, 9.17) is 5.73 Å². The molecule has 2 unspecified atom stereocenters. The molecule has 0 bridgehead atoms. The molecule has 0 saturated heterocycles. The maximum absolute atomic E-state index is 12.0. The molecule has 102 valence electrons. The number of benzene rings is 1. The van der Waals surface area contributed by atoms with Crippen molar-refractivity contribution in [2.45, 2.75) is 12.5 Å². The number of nitrogens with two attached hydrogens (primary N) is 1. The standard InChI is InChI=1S/C15H15N3OS/c16-12-4-1-11(9-12)14(19)18-13-5-2-10(3-6-13)15-17-7-8-20-15/h1-8,11-12H,9,16H2,(H,18,19). The third kappa shape index (κ3) is 2.79. The molecule has 1 heterocycles. The number of carbonyl (C=O) groups excluding carboxylic acids is 1. The molecule has 0 spiro atoms. The summed E-state index contributed by atoms with van der Waals surface area (Å²) in [5.74, 6) is -0.125. The fourth-order valence-electron chi connectivity index (χ4n) is 2.22. The second-order valence-electron chi connectivity index (χ2n) is 4.79. The van der Waals surface area contributed by atoms with Crippen molar-refractivity contribution >= 4 is 22.9 Å². The summed E-state index contributed by atoms with van der Waals surface area (Å²) in [4.78, 5) is 16.3. The van der Waals surface area contributed by atoms with Gasteiger partial charge in [0.05, 0.1) is 5.92 Å². The van der Waals surface area contributed by atoms with Crippen molar-refractivity contribution in [2.24, 2.45) is 11.7 Å². The lowest BCUT2D eigenvalue weighted by atomic mass is 10.1. The predicted molar refractivity (Wildman–Crippen MR) is 81.4 cm³/mol. The van der Waals surface area contributed by atoms with E-state index in [1.807, 2.05) is 41.8 Å². The van der Waals surface area contributed by atoms with E-state index >= 15 is 0 Å². The molecule has 1 amide bonds. The molecule has 1 aromatic heterocycles. The Kier molecular flexibility index (Phi) is 3.62. The van der Waals surface area contributed by atoms with Crippen molar-refractivity contribution in [3.05, 3.63) is 48.0 Å². The highest BCUT2D eigenvalue weighted by atomic mass is 32.1. The Bertz CT molecular complexity index is 619. The van der Waals surface area contributed by atoms with Crippen LogP contribution in [-0.2, 0) is 4.79 Å². The Morgan fingerprint density at radius 3 is 2.70 bits per heavy atom. The van der Waals surface area contributed by atoms with E-state index in [1.165, 1.54) is 0 Å². The van der Waals surface area contributed by atoms with E-state index in [0.717, 1.165) is 16.3 Å². The monoisotopic (exact) mass is 285 g/mol. The molecule has 20 heavy (non-hydrogen) atoms. The van der Waals surface area contributed by atoms with Gasteiger partial charge in [-0.3, -0.25) is 4.79 Å². The molecule has 5 heteroatoms. The van der Waals surface area contributed by atoms with E-state index in [1.54, 1.807) is 17.5 Å². The maximum atomic E-state index is 12.0. The molecule has 1 aromatic carbocycles. The summed E-state index contributed by atoms with van der Waals surface area (Å²) in [6.07, 6.45) is 6.23. The Labute approximate surface area is 121 Å². The zero-order chi connectivity index (χ0) is 13.9. The summed E-state index contributed by atoms with van der Waals surface area (Å²) >= 11 is 1.59. The lowest BCUT2D eigenvalue weighted by Crippen LogP contribution is -2.23. The number of aromatic nitrogens is 1. The number of hydrogen-bond acceptors (Lipinski definition) is 4. The number of rotatable bonds is 3. The largest absolute Gasteiger partial charge is 0.326 e. The number of thiazole rings is 1. The second-order valence-corrected chi connectivity index (χ2v) is 5.69. The van der Waals surface area contributed by atoms with Gasteiger partial charge in [0, 0.05) is 28.9 Å². The first-order valence-corrected chi connectivity index (χ1v) is 7.35. The Balaban J connectivity index is 1.66. The van der Waals surface area contributed by atoms with Gasteiger partial charge in [-0.05, 0) is 30.7 Å².